The van der Waals surface area contributed by atoms with Crippen LogP contribution in [-0.2, 0) is 19.2 Å². The van der Waals surface area contributed by atoms with Gasteiger partial charge in [-0.25, -0.2) is 0 Å². The summed E-state index contributed by atoms with van der Waals surface area (Å²) in [6, 6.07) is 10.1. The van der Waals surface area contributed by atoms with Crippen molar-refractivity contribution >= 4 is 11.9 Å². The number of piperidine rings is 1. The van der Waals surface area contributed by atoms with Crippen LogP contribution in [-0.4, -0.2) is 39.3 Å². The summed E-state index contributed by atoms with van der Waals surface area (Å²) in [5.74, 6) is -1.43. The molecule has 1 aromatic carbocycles. The summed E-state index contributed by atoms with van der Waals surface area (Å²) < 4.78 is 5.69. The van der Waals surface area contributed by atoms with Gasteiger partial charge >= 0.3 is 11.9 Å². The number of hydroxylamine groups is 2. The molecule has 0 aliphatic carbocycles. The van der Waals surface area contributed by atoms with E-state index in [0.717, 1.165) is 18.4 Å². The molecule has 162 valence electrons. The predicted molar refractivity (Wildman–Crippen MR) is 111 cm³/mol. The van der Waals surface area contributed by atoms with Gasteiger partial charge in [-0.3, -0.25) is 14.4 Å². The summed E-state index contributed by atoms with van der Waals surface area (Å²) in [6.45, 7) is 10.6. The van der Waals surface area contributed by atoms with Crippen molar-refractivity contribution in [2.45, 2.75) is 96.4 Å². The van der Waals surface area contributed by atoms with Gasteiger partial charge in [0.2, 0.25) is 0 Å². The third-order valence-corrected chi connectivity index (χ3v) is 6.01. The second kappa shape index (κ2) is 9.72. The normalized spacial score (nSPS) is 22.0. The minimum atomic E-state index is -0.989. The van der Waals surface area contributed by atoms with E-state index in [1.807, 2.05) is 18.2 Å². The van der Waals surface area contributed by atoms with Gasteiger partial charge < -0.3 is 9.84 Å². The molecule has 2 unspecified atom stereocenters. The standard InChI is InChI=1S/C23H35NO5/c1-6-23(7-2)16-19(28-21(27)14-13-20(25)26)15-22(4,5)24(23)29-17(3)18-11-9-8-10-12-18/h8-12,17,19H,6-7,13-16H2,1-5H3,(H,25,26). The van der Waals surface area contributed by atoms with Crippen LogP contribution in [0.1, 0.15) is 84.8 Å². The summed E-state index contributed by atoms with van der Waals surface area (Å²) in [5.41, 5.74) is 0.514. The zero-order valence-corrected chi connectivity index (χ0v) is 18.3. The van der Waals surface area contributed by atoms with Gasteiger partial charge in [0.25, 0.3) is 0 Å². The Hall–Kier alpha value is -1.92. The summed E-state index contributed by atoms with van der Waals surface area (Å²) in [6.07, 6.45) is 2.38. The molecule has 0 bridgehead atoms. The van der Waals surface area contributed by atoms with Crippen molar-refractivity contribution in [3.63, 3.8) is 0 Å². The van der Waals surface area contributed by atoms with Crippen LogP contribution in [0.2, 0.25) is 0 Å². The number of carboxylic acids is 1. The molecular formula is C23H35NO5. The molecule has 2 rings (SSSR count). The van der Waals surface area contributed by atoms with Crippen molar-refractivity contribution < 1.29 is 24.3 Å². The van der Waals surface area contributed by atoms with Crippen LogP contribution in [0, 0.1) is 0 Å². The lowest BCUT2D eigenvalue weighted by molar-refractivity contribution is -0.323. The summed E-state index contributed by atoms with van der Waals surface area (Å²) in [4.78, 5) is 29.4. The molecule has 29 heavy (non-hydrogen) atoms. The van der Waals surface area contributed by atoms with E-state index >= 15 is 0 Å². The van der Waals surface area contributed by atoms with Crippen molar-refractivity contribution in [1.82, 2.24) is 5.06 Å². The van der Waals surface area contributed by atoms with Gasteiger partial charge in [-0.15, -0.1) is 0 Å². The van der Waals surface area contributed by atoms with E-state index in [2.05, 4.69) is 51.8 Å². The van der Waals surface area contributed by atoms with Crippen LogP contribution in [0.3, 0.4) is 0 Å². The number of aliphatic carboxylic acids is 1. The maximum atomic E-state index is 12.1. The fourth-order valence-corrected chi connectivity index (χ4v) is 4.42. The van der Waals surface area contributed by atoms with Crippen LogP contribution < -0.4 is 0 Å². The molecule has 1 aromatic rings. The molecule has 0 radical (unpaired) electrons. The molecule has 0 spiro atoms. The lowest BCUT2D eigenvalue weighted by Crippen LogP contribution is -2.64. The zero-order valence-electron chi connectivity index (χ0n) is 18.3. The van der Waals surface area contributed by atoms with Gasteiger partial charge in [-0.05, 0) is 39.2 Å². The lowest BCUT2D eigenvalue weighted by atomic mass is 9.75. The number of hydrogen-bond acceptors (Lipinski definition) is 5. The van der Waals surface area contributed by atoms with Gasteiger partial charge in [0.15, 0.2) is 0 Å². The van der Waals surface area contributed by atoms with Gasteiger partial charge in [0.05, 0.1) is 12.8 Å². The molecule has 1 aliphatic heterocycles. The van der Waals surface area contributed by atoms with Gasteiger partial charge in [0.1, 0.15) is 12.2 Å². The Balaban J connectivity index is 2.18. The highest BCUT2D eigenvalue weighted by molar-refractivity contribution is 5.76. The molecule has 1 N–H and O–H groups in total. The molecular weight excluding hydrogens is 370 g/mol. The Morgan fingerprint density at radius 3 is 2.31 bits per heavy atom. The number of ether oxygens (including phenoxy) is 1. The molecule has 2 atom stereocenters. The zero-order chi connectivity index (χ0) is 21.7. The number of benzene rings is 1. The fourth-order valence-electron chi connectivity index (χ4n) is 4.42. The van der Waals surface area contributed by atoms with Crippen molar-refractivity contribution in [3.8, 4) is 0 Å². The third kappa shape index (κ3) is 5.80. The van der Waals surface area contributed by atoms with E-state index in [0.29, 0.717) is 12.8 Å². The molecule has 6 nitrogen and oxygen atoms in total. The van der Waals surface area contributed by atoms with E-state index in [9.17, 15) is 9.59 Å². The van der Waals surface area contributed by atoms with Crippen LogP contribution in [0.25, 0.3) is 0 Å². The maximum absolute atomic E-state index is 12.1. The number of rotatable bonds is 9. The Bertz CT molecular complexity index is 684. The highest BCUT2D eigenvalue weighted by atomic mass is 16.7. The van der Waals surface area contributed by atoms with Crippen molar-refractivity contribution in [1.29, 1.82) is 0 Å². The fraction of sp³-hybridized carbons (Fsp3) is 0.652. The number of esters is 1. The molecule has 0 saturated carbocycles. The smallest absolute Gasteiger partial charge is 0.306 e. The maximum Gasteiger partial charge on any atom is 0.306 e. The Morgan fingerprint density at radius 1 is 1.14 bits per heavy atom. The van der Waals surface area contributed by atoms with Crippen LogP contribution >= 0.6 is 0 Å². The summed E-state index contributed by atoms with van der Waals surface area (Å²) in [5, 5.41) is 10.9. The second-order valence-corrected chi connectivity index (χ2v) is 8.61. The molecule has 1 fully saturated rings. The predicted octanol–water partition coefficient (Wildman–Crippen LogP) is 4.89. The topological polar surface area (TPSA) is 76.1 Å². The van der Waals surface area contributed by atoms with Crippen LogP contribution in [0.15, 0.2) is 30.3 Å². The number of carboxylic acid groups (broad SMARTS) is 1. The van der Waals surface area contributed by atoms with E-state index in [1.54, 1.807) is 0 Å². The average Bonchev–Trinajstić information content (AvgIpc) is 2.68. The number of hydrogen-bond donors (Lipinski definition) is 1. The lowest BCUT2D eigenvalue weighted by Gasteiger charge is -2.56. The summed E-state index contributed by atoms with van der Waals surface area (Å²) >= 11 is 0. The van der Waals surface area contributed by atoms with Crippen molar-refractivity contribution in [3.05, 3.63) is 35.9 Å². The highest BCUT2D eigenvalue weighted by Gasteiger charge is 2.51. The number of carbonyl (C=O) groups is 2. The number of carbonyl (C=O) groups excluding carboxylic acids is 1. The summed E-state index contributed by atoms with van der Waals surface area (Å²) in [7, 11) is 0. The molecule has 0 amide bonds. The minimum Gasteiger partial charge on any atom is -0.481 e. The third-order valence-electron chi connectivity index (χ3n) is 6.01. The molecule has 1 saturated heterocycles. The van der Waals surface area contributed by atoms with Crippen molar-refractivity contribution in [2.24, 2.45) is 0 Å². The monoisotopic (exact) mass is 405 g/mol. The van der Waals surface area contributed by atoms with E-state index in [1.165, 1.54) is 0 Å². The Labute approximate surface area is 174 Å². The first kappa shape index (κ1) is 23.4. The van der Waals surface area contributed by atoms with E-state index in [4.69, 9.17) is 14.7 Å². The van der Waals surface area contributed by atoms with E-state index < -0.39 is 11.9 Å². The average molecular weight is 406 g/mol. The van der Waals surface area contributed by atoms with Crippen LogP contribution in [0.4, 0.5) is 0 Å². The van der Waals surface area contributed by atoms with Gasteiger partial charge in [-0.1, -0.05) is 44.2 Å². The van der Waals surface area contributed by atoms with Crippen molar-refractivity contribution in [2.75, 3.05) is 0 Å². The van der Waals surface area contributed by atoms with Gasteiger partial charge in [0, 0.05) is 23.9 Å². The first-order valence-corrected chi connectivity index (χ1v) is 10.6. The molecule has 0 aromatic heterocycles. The largest absolute Gasteiger partial charge is 0.481 e. The van der Waals surface area contributed by atoms with Gasteiger partial charge in [-0.2, -0.15) is 5.06 Å². The molecule has 6 heteroatoms. The molecule has 1 heterocycles. The SMILES string of the molecule is CCC1(CC)CC(OC(=O)CCC(=O)O)CC(C)(C)N1OC(C)c1ccccc1. The minimum absolute atomic E-state index is 0.0945. The number of nitrogens with zero attached hydrogens (tertiary/aromatic N) is 1. The Kier molecular flexibility index (Phi) is 7.83. The molecule has 1 aliphatic rings. The highest BCUT2D eigenvalue weighted by Crippen LogP contribution is 2.45. The first-order chi connectivity index (χ1) is 13.6. The van der Waals surface area contributed by atoms with Crippen LogP contribution in [0.5, 0.6) is 0 Å². The Morgan fingerprint density at radius 2 is 1.76 bits per heavy atom. The first-order valence-electron chi connectivity index (χ1n) is 10.6. The van der Waals surface area contributed by atoms with E-state index in [-0.39, 0.29) is 36.1 Å². The quantitative estimate of drug-likeness (QED) is 0.590. The second-order valence-electron chi connectivity index (χ2n) is 8.61.